The first-order valence-electron chi connectivity index (χ1n) is 5.73. The van der Waals surface area contributed by atoms with Crippen molar-refractivity contribution >= 4 is 37.7 Å². The van der Waals surface area contributed by atoms with E-state index in [1.54, 1.807) is 12.1 Å². The molecule has 0 unspecified atom stereocenters. The second kappa shape index (κ2) is 6.28. The van der Waals surface area contributed by atoms with E-state index in [0.29, 0.717) is 21.5 Å². The Morgan fingerprint density at radius 3 is 2.65 bits per heavy atom. The first-order valence-corrected chi connectivity index (χ1v) is 7.32. The predicted octanol–water partition coefficient (Wildman–Crippen LogP) is 4.41. The zero-order chi connectivity index (χ0) is 14.7. The van der Waals surface area contributed by atoms with E-state index in [4.69, 9.17) is 15.7 Å². The molecule has 0 aliphatic carbocycles. The summed E-state index contributed by atoms with van der Waals surface area (Å²) >= 11 is 6.78. The summed E-state index contributed by atoms with van der Waals surface area (Å²) in [6.45, 7) is 1.95. The molecule has 0 saturated carbocycles. The molecule has 104 valence electrons. The minimum absolute atomic E-state index is 0.0138. The molecule has 0 atom stereocenters. The quantitative estimate of drug-likeness (QED) is 0.347. The Hall–Kier alpha value is -1.53. The molecular weight excluding hydrogens is 388 g/mol. The zero-order valence-electron chi connectivity index (χ0n) is 10.6. The van der Waals surface area contributed by atoms with E-state index < -0.39 is 0 Å². The minimum atomic E-state index is -0.0138. The molecule has 0 amide bonds. The van der Waals surface area contributed by atoms with Crippen molar-refractivity contribution in [3.05, 3.63) is 56.5 Å². The maximum atomic E-state index is 8.88. The number of amidine groups is 1. The van der Waals surface area contributed by atoms with Gasteiger partial charge in [-0.2, -0.15) is 0 Å². The Balaban J connectivity index is 2.49. The van der Waals surface area contributed by atoms with Gasteiger partial charge in [0.1, 0.15) is 11.5 Å². The van der Waals surface area contributed by atoms with E-state index in [-0.39, 0.29) is 5.84 Å². The Bertz CT molecular complexity index is 672. The smallest absolute Gasteiger partial charge is 0.175 e. The summed E-state index contributed by atoms with van der Waals surface area (Å²) in [4.78, 5) is 0. The number of aryl methyl sites for hydroxylation is 1. The van der Waals surface area contributed by atoms with Crippen LogP contribution in [-0.2, 0) is 0 Å². The molecule has 3 N–H and O–H groups in total. The number of hydrogen-bond donors (Lipinski definition) is 2. The van der Waals surface area contributed by atoms with Crippen molar-refractivity contribution in [3.8, 4) is 11.5 Å². The van der Waals surface area contributed by atoms with Gasteiger partial charge in [0, 0.05) is 8.95 Å². The average molecular weight is 400 g/mol. The van der Waals surface area contributed by atoms with Crippen molar-refractivity contribution in [1.82, 2.24) is 0 Å². The van der Waals surface area contributed by atoms with Crippen LogP contribution in [0, 0.1) is 6.92 Å². The summed E-state index contributed by atoms with van der Waals surface area (Å²) in [5, 5.41) is 11.9. The maximum Gasteiger partial charge on any atom is 0.175 e. The third-order valence-corrected chi connectivity index (χ3v) is 3.86. The van der Waals surface area contributed by atoms with Crippen molar-refractivity contribution < 1.29 is 9.94 Å². The highest BCUT2D eigenvalue weighted by Crippen LogP contribution is 2.33. The highest BCUT2D eigenvalue weighted by Gasteiger charge is 2.14. The van der Waals surface area contributed by atoms with Crippen LogP contribution in [0.15, 0.2) is 50.5 Å². The number of nitrogens with zero attached hydrogens (tertiary/aromatic N) is 1. The van der Waals surface area contributed by atoms with Crippen molar-refractivity contribution in [2.24, 2.45) is 10.9 Å². The van der Waals surface area contributed by atoms with Crippen molar-refractivity contribution in [3.63, 3.8) is 0 Å². The Morgan fingerprint density at radius 2 is 1.95 bits per heavy atom. The van der Waals surface area contributed by atoms with Gasteiger partial charge < -0.3 is 15.7 Å². The number of rotatable bonds is 3. The topological polar surface area (TPSA) is 67.8 Å². The van der Waals surface area contributed by atoms with Crippen LogP contribution >= 0.6 is 31.9 Å². The molecule has 0 heterocycles. The molecule has 6 heteroatoms. The van der Waals surface area contributed by atoms with Crippen LogP contribution in [0.2, 0.25) is 0 Å². The van der Waals surface area contributed by atoms with Crippen molar-refractivity contribution in [2.75, 3.05) is 0 Å². The number of hydrogen-bond acceptors (Lipinski definition) is 3. The Kier molecular flexibility index (Phi) is 4.67. The largest absolute Gasteiger partial charge is 0.456 e. The van der Waals surface area contributed by atoms with Crippen LogP contribution in [0.1, 0.15) is 11.1 Å². The number of ether oxygens (including phenoxy) is 1. The second-order valence-corrected chi connectivity index (χ2v) is 5.88. The van der Waals surface area contributed by atoms with Gasteiger partial charge in [-0.3, -0.25) is 0 Å². The molecule has 0 radical (unpaired) electrons. The first-order chi connectivity index (χ1) is 9.52. The molecule has 0 aliphatic heterocycles. The third-order valence-electron chi connectivity index (χ3n) is 2.71. The summed E-state index contributed by atoms with van der Waals surface area (Å²) in [7, 11) is 0. The molecule has 2 rings (SSSR count). The first kappa shape index (κ1) is 14.9. The van der Waals surface area contributed by atoms with Gasteiger partial charge in [-0.1, -0.05) is 33.2 Å². The number of nitrogens with two attached hydrogens (primary N) is 1. The van der Waals surface area contributed by atoms with Crippen LogP contribution in [0.5, 0.6) is 11.5 Å². The third kappa shape index (κ3) is 3.13. The molecule has 0 aromatic heterocycles. The van der Waals surface area contributed by atoms with Gasteiger partial charge in [0.15, 0.2) is 5.84 Å². The Morgan fingerprint density at radius 1 is 1.20 bits per heavy atom. The van der Waals surface area contributed by atoms with Gasteiger partial charge in [0.25, 0.3) is 0 Å². The summed E-state index contributed by atoms with van der Waals surface area (Å²) in [5.41, 5.74) is 7.19. The summed E-state index contributed by atoms with van der Waals surface area (Å²) in [6, 6.07) is 11.1. The number of oxime groups is 1. The van der Waals surface area contributed by atoms with Crippen LogP contribution in [0.3, 0.4) is 0 Å². The molecule has 20 heavy (non-hydrogen) atoms. The van der Waals surface area contributed by atoms with Gasteiger partial charge in [0.05, 0.1) is 5.56 Å². The van der Waals surface area contributed by atoms with Gasteiger partial charge in [-0.15, -0.1) is 0 Å². The van der Waals surface area contributed by atoms with E-state index in [9.17, 15) is 0 Å². The fourth-order valence-electron chi connectivity index (χ4n) is 1.69. The maximum absolute atomic E-state index is 8.88. The standard InChI is InChI=1S/C14H12Br2N2O2/c1-8-5-6-9(15)7-12(8)20-11-4-2-3-10(16)13(11)14(17)18-19/h2-7,19H,1H3,(H2,17,18). The summed E-state index contributed by atoms with van der Waals surface area (Å²) in [5.74, 6) is 1.19. The SMILES string of the molecule is Cc1ccc(Br)cc1Oc1cccc(Br)c1/C(N)=N/O. The van der Waals surface area contributed by atoms with Gasteiger partial charge in [-0.05, 0) is 52.7 Å². The molecule has 0 fully saturated rings. The fraction of sp³-hybridized carbons (Fsp3) is 0.0714. The molecule has 0 bridgehead atoms. The lowest BCUT2D eigenvalue weighted by molar-refractivity contribution is 0.318. The fourth-order valence-corrected chi connectivity index (χ4v) is 2.58. The predicted molar refractivity (Wildman–Crippen MR) is 85.6 cm³/mol. The second-order valence-electron chi connectivity index (χ2n) is 4.11. The van der Waals surface area contributed by atoms with Crippen molar-refractivity contribution in [2.45, 2.75) is 6.92 Å². The van der Waals surface area contributed by atoms with Gasteiger partial charge >= 0.3 is 0 Å². The minimum Gasteiger partial charge on any atom is -0.456 e. The normalized spacial score (nSPS) is 11.4. The summed E-state index contributed by atoms with van der Waals surface area (Å²) in [6.07, 6.45) is 0. The van der Waals surface area contributed by atoms with Crippen LogP contribution in [0.25, 0.3) is 0 Å². The highest BCUT2D eigenvalue weighted by molar-refractivity contribution is 9.10. The number of benzene rings is 2. The number of halogens is 2. The Labute approximate surface area is 133 Å². The van der Waals surface area contributed by atoms with Crippen LogP contribution in [-0.4, -0.2) is 11.0 Å². The van der Waals surface area contributed by atoms with Gasteiger partial charge in [-0.25, -0.2) is 0 Å². The van der Waals surface area contributed by atoms with E-state index in [0.717, 1.165) is 10.0 Å². The highest BCUT2D eigenvalue weighted by atomic mass is 79.9. The lowest BCUT2D eigenvalue weighted by Gasteiger charge is -2.13. The van der Waals surface area contributed by atoms with E-state index in [1.807, 2.05) is 31.2 Å². The average Bonchev–Trinajstić information content (AvgIpc) is 2.42. The lowest BCUT2D eigenvalue weighted by Crippen LogP contribution is -2.15. The molecule has 2 aromatic rings. The molecule has 2 aromatic carbocycles. The lowest BCUT2D eigenvalue weighted by atomic mass is 10.1. The molecule has 0 aliphatic rings. The van der Waals surface area contributed by atoms with Gasteiger partial charge in [0.2, 0.25) is 0 Å². The molecular formula is C14H12Br2N2O2. The van der Waals surface area contributed by atoms with E-state index in [1.165, 1.54) is 0 Å². The van der Waals surface area contributed by atoms with E-state index in [2.05, 4.69) is 37.0 Å². The molecule has 4 nitrogen and oxygen atoms in total. The monoisotopic (exact) mass is 398 g/mol. The van der Waals surface area contributed by atoms with E-state index >= 15 is 0 Å². The summed E-state index contributed by atoms with van der Waals surface area (Å²) < 4.78 is 7.50. The molecule has 0 saturated heterocycles. The molecule has 0 spiro atoms. The van der Waals surface area contributed by atoms with Crippen LogP contribution in [0.4, 0.5) is 0 Å². The zero-order valence-corrected chi connectivity index (χ0v) is 13.8. The van der Waals surface area contributed by atoms with Crippen LogP contribution < -0.4 is 10.5 Å². The van der Waals surface area contributed by atoms with Crippen molar-refractivity contribution in [1.29, 1.82) is 0 Å².